The molecule has 1 aromatic rings. The van der Waals surface area contributed by atoms with Crippen molar-refractivity contribution in [2.75, 3.05) is 41.5 Å². The number of hydrogen-bond donors (Lipinski definition) is 2. The third-order valence-corrected chi connectivity index (χ3v) is 14.3. The first-order valence-electron chi connectivity index (χ1n) is 23.9. The van der Waals surface area contributed by atoms with E-state index in [-0.39, 0.29) is 37.3 Å². The first-order valence-corrected chi connectivity index (χ1v) is 23.9. The minimum Gasteiger partial charge on any atom is -0.459 e. The molecule has 4 rings (SSSR count). The Labute approximate surface area is 393 Å². The van der Waals surface area contributed by atoms with Crippen molar-refractivity contribution in [2.24, 2.45) is 23.7 Å². The molecule has 66 heavy (non-hydrogen) atoms. The highest BCUT2D eigenvalue weighted by atomic mass is 16.7. The van der Waals surface area contributed by atoms with Crippen LogP contribution in [0.5, 0.6) is 0 Å². The molecule has 0 amide bonds. The predicted octanol–water partition coefficient (Wildman–Crippen LogP) is 5.64. The van der Waals surface area contributed by atoms with E-state index in [4.69, 9.17) is 47.4 Å². The van der Waals surface area contributed by atoms with Crippen molar-refractivity contribution in [2.45, 2.75) is 199 Å². The van der Waals surface area contributed by atoms with E-state index in [1.54, 1.807) is 41.7 Å². The van der Waals surface area contributed by atoms with Crippen molar-refractivity contribution in [3.63, 3.8) is 0 Å². The minimum absolute atomic E-state index is 0.119. The fraction of sp³-hybridized carbons (Fsp3) is 0.820. The standard InChI is InChI=1S/C50H83NO15/c1-16-38-50(11,56)43(54)31(4)41(53)29(2)26-48(9,57-14)44(32(5)42(33(6)46(55)64-38)65-39-27-49(10,58-15)45(34(7)62-39)63-35(8)52)66-47-40(51(12)13)37(25-30(3)61-47)60-24-20-23-59-28-36-21-18-17-19-22-36/h17-19,21-22,29-34,37-40,42-45,47,54,56H,16,20,23-28H2,1-15H3/t29-,30-,31+,32+,33-,34+,37-,38-,39-,40+,42+,43-,44-,45+,47+,48+,49-,50-/m1/s1. The van der Waals surface area contributed by atoms with E-state index in [0.717, 1.165) is 5.56 Å². The quantitative estimate of drug-likeness (QED) is 0.153. The zero-order valence-corrected chi connectivity index (χ0v) is 42.4. The number of carbonyl (C=O) groups is 3. The van der Waals surface area contributed by atoms with Crippen molar-refractivity contribution < 1.29 is 72.0 Å². The van der Waals surface area contributed by atoms with Gasteiger partial charge in [0.25, 0.3) is 0 Å². The molecular weight excluding hydrogens is 855 g/mol. The molecule has 3 fully saturated rings. The normalized spacial score (nSPS) is 41.0. The molecule has 1 aromatic carbocycles. The molecule has 0 aliphatic carbocycles. The lowest BCUT2D eigenvalue weighted by Crippen LogP contribution is -2.62. The van der Waals surface area contributed by atoms with Crippen LogP contribution in [-0.4, -0.2) is 159 Å². The number of hydrogen-bond acceptors (Lipinski definition) is 16. The smallest absolute Gasteiger partial charge is 0.311 e. The van der Waals surface area contributed by atoms with Gasteiger partial charge in [0.1, 0.15) is 23.1 Å². The van der Waals surface area contributed by atoms with Gasteiger partial charge < -0.3 is 57.6 Å². The van der Waals surface area contributed by atoms with Crippen molar-refractivity contribution in [1.82, 2.24) is 4.90 Å². The van der Waals surface area contributed by atoms with Gasteiger partial charge in [-0.1, -0.05) is 58.0 Å². The van der Waals surface area contributed by atoms with Gasteiger partial charge in [0.2, 0.25) is 0 Å². The molecule has 16 nitrogen and oxygen atoms in total. The Balaban J connectivity index is 1.77. The van der Waals surface area contributed by atoms with E-state index >= 15 is 0 Å². The van der Waals surface area contributed by atoms with E-state index in [9.17, 15) is 24.6 Å². The first kappa shape index (κ1) is 56.0. The Bertz CT molecular complexity index is 1680. The van der Waals surface area contributed by atoms with Gasteiger partial charge in [0.15, 0.2) is 18.7 Å². The largest absolute Gasteiger partial charge is 0.459 e. The molecule has 3 aliphatic rings. The van der Waals surface area contributed by atoms with Crippen LogP contribution in [0.15, 0.2) is 30.3 Å². The monoisotopic (exact) mass is 938 g/mol. The van der Waals surface area contributed by atoms with Gasteiger partial charge in [-0.25, -0.2) is 0 Å². The molecule has 0 radical (unpaired) electrons. The lowest BCUT2D eigenvalue weighted by molar-refractivity contribution is -0.318. The molecule has 0 spiro atoms. The molecule has 2 N–H and O–H groups in total. The summed E-state index contributed by atoms with van der Waals surface area (Å²) in [6.45, 7) is 20.3. The molecule has 0 bridgehead atoms. The zero-order chi connectivity index (χ0) is 49.3. The van der Waals surface area contributed by atoms with E-state index < -0.39 is 108 Å². The molecule has 0 saturated carbocycles. The number of aliphatic hydroxyl groups is 2. The number of carbonyl (C=O) groups excluding carboxylic acids is 3. The van der Waals surface area contributed by atoms with Crippen LogP contribution >= 0.6 is 0 Å². The predicted molar refractivity (Wildman–Crippen MR) is 245 cm³/mol. The molecule has 18 atom stereocenters. The van der Waals surface area contributed by atoms with Crippen LogP contribution < -0.4 is 0 Å². The van der Waals surface area contributed by atoms with E-state index in [1.165, 1.54) is 21.0 Å². The van der Waals surface area contributed by atoms with E-state index in [1.807, 2.05) is 77.0 Å². The highest BCUT2D eigenvalue weighted by molar-refractivity contribution is 5.83. The van der Waals surface area contributed by atoms with Gasteiger partial charge in [0.05, 0.1) is 60.8 Å². The molecule has 0 unspecified atom stereocenters. The summed E-state index contributed by atoms with van der Waals surface area (Å²) in [4.78, 5) is 43.1. The van der Waals surface area contributed by atoms with Gasteiger partial charge in [-0.05, 0) is 80.5 Å². The van der Waals surface area contributed by atoms with Crippen molar-refractivity contribution >= 4 is 17.7 Å². The van der Waals surface area contributed by atoms with Gasteiger partial charge >= 0.3 is 11.9 Å². The van der Waals surface area contributed by atoms with Gasteiger partial charge in [-0.2, -0.15) is 0 Å². The van der Waals surface area contributed by atoms with Gasteiger partial charge in [-0.15, -0.1) is 0 Å². The molecule has 0 aromatic heterocycles. The lowest BCUT2D eigenvalue weighted by Gasteiger charge is -2.50. The minimum atomic E-state index is -1.99. The summed E-state index contributed by atoms with van der Waals surface area (Å²) in [7, 11) is 6.97. The van der Waals surface area contributed by atoms with Crippen LogP contribution in [0.2, 0.25) is 0 Å². The van der Waals surface area contributed by atoms with Crippen LogP contribution in [0.3, 0.4) is 0 Å². The number of nitrogens with zero attached hydrogens (tertiary/aromatic N) is 1. The number of ether oxygens (including phenoxy) is 10. The van der Waals surface area contributed by atoms with Crippen LogP contribution in [0.4, 0.5) is 0 Å². The SMILES string of the molecule is CC[C@H]1OC(=O)[C@H](C)[C@@H](O[C@@H]2C[C@@](C)(OC)[C@@H](OC(C)=O)[C@H](C)O2)[C@H](C)[C@@H](O[C@@H]2O[C@H](C)C[C@@H](OCCCOCc3ccccc3)[C@@H]2N(C)C)[C@@](C)(OC)C[C@@H](C)C(=O)[C@H](C)[C@@H](O)[C@]1(C)O. The molecule has 3 heterocycles. The summed E-state index contributed by atoms with van der Waals surface area (Å²) in [5.74, 6) is -4.97. The molecule has 3 aliphatic heterocycles. The van der Waals surface area contributed by atoms with E-state index in [0.29, 0.717) is 32.7 Å². The molecule has 378 valence electrons. The third kappa shape index (κ3) is 13.6. The van der Waals surface area contributed by atoms with Crippen LogP contribution in [0.25, 0.3) is 0 Å². The third-order valence-electron chi connectivity index (χ3n) is 14.3. The molecular formula is C50H83NO15. The van der Waals surface area contributed by atoms with Crippen LogP contribution in [0, 0.1) is 23.7 Å². The summed E-state index contributed by atoms with van der Waals surface area (Å²) in [6, 6.07) is 9.61. The number of rotatable bonds is 16. The lowest BCUT2D eigenvalue weighted by atomic mass is 9.74. The summed E-state index contributed by atoms with van der Waals surface area (Å²) < 4.78 is 64.1. The van der Waals surface area contributed by atoms with E-state index in [2.05, 4.69) is 0 Å². The summed E-state index contributed by atoms with van der Waals surface area (Å²) >= 11 is 0. The topological polar surface area (TPSA) is 187 Å². The Morgan fingerprint density at radius 3 is 2.11 bits per heavy atom. The maximum atomic E-state index is 14.5. The van der Waals surface area contributed by atoms with Gasteiger partial charge in [0, 0.05) is 65.0 Å². The number of benzene rings is 1. The van der Waals surface area contributed by atoms with Crippen molar-refractivity contribution in [3.05, 3.63) is 35.9 Å². The maximum Gasteiger partial charge on any atom is 0.311 e. The Morgan fingerprint density at radius 1 is 0.879 bits per heavy atom. The fourth-order valence-corrected chi connectivity index (χ4v) is 10.3. The highest BCUT2D eigenvalue weighted by Crippen LogP contribution is 2.42. The number of Topliss-reactive ketones (excluding diaryl/α,β-unsaturated/α-hetero) is 1. The zero-order valence-electron chi connectivity index (χ0n) is 42.4. The Morgan fingerprint density at radius 2 is 1.52 bits per heavy atom. The first-order chi connectivity index (χ1) is 30.9. The second-order valence-electron chi connectivity index (χ2n) is 20.0. The average Bonchev–Trinajstić information content (AvgIpc) is 3.27. The van der Waals surface area contributed by atoms with Crippen LogP contribution in [-0.2, 0) is 68.4 Å². The second kappa shape index (κ2) is 24.3. The number of cyclic esters (lactones) is 1. The Kier molecular flexibility index (Phi) is 20.6. The summed E-state index contributed by atoms with van der Waals surface area (Å²) in [5.41, 5.74) is -3.18. The number of methoxy groups -OCH3 is 2. The number of likely N-dealkylation sites (N-methyl/N-ethyl adjacent to an activating group) is 1. The number of aliphatic hydroxyl groups excluding tert-OH is 1. The van der Waals surface area contributed by atoms with Crippen molar-refractivity contribution in [3.8, 4) is 0 Å². The molecule has 16 heteroatoms. The average molecular weight is 938 g/mol. The van der Waals surface area contributed by atoms with Crippen molar-refractivity contribution in [1.29, 1.82) is 0 Å². The fourth-order valence-electron chi connectivity index (χ4n) is 10.3. The molecule has 3 saturated heterocycles. The second-order valence-corrected chi connectivity index (χ2v) is 20.0. The number of esters is 2. The summed E-state index contributed by atoms with van der Waals surface area (Å²) in [6.07, 6.45) is -6.92. The van der Waals surface area contributed by atoms with Gasteiger partial charge in [-0.3, -0.25) is 19.3 Å². The maximum absolute atomic E-state index is 14.5. The summed E-state index contributed by atoms with van der Waals surface area (Å²) in [5, 5.41) is 23.5. The number of ketones is 1. The Hall–Kier alpha value is -2.61. The van der Waals surface area contributed by atoms with Crippen LogP contribution in [0.1, 0.15) is 114 Å². The highest BCUT2D eigenvalue weighted by Gasteiger charge is 2.55.